The Balaban J connectivity index is 2.10. The predicted molar refractivity (Wildman–Crippen MR) is 84.8 cm³/mol. The number of carboxylic acid groups (broad SMARTS) is 1. The molecule has 2 N–H and O–H groups in total. The van der Waals surface area contributed by atoms with Gasteiger partial charge in [-0.2, -0.15) is 0 Å². The molecule has 1 amide bonds. The van der Waals surface area contributed by atoms with Crippen molar-refractivity contribution in [3.8, 4) is 11.5 Å². The van der Waals surface area contributed by atoms with E-state index in [1.807, 2.05) is 12.1 Å². The maximum Gasteiger partial charge on any atom is 0.326 e. The summed E-state index contributed by atoms with van der Waals surface area (Å²) < 4.78 is 10.6. The van der Waals surface area contributed by atoms with Crippen LogP contribution in [0.5, 0.6) is 11.5 Å². The number of amides is 1. The van der Waals surface area contributed by atoms with Gasteiger partial charge in [-0.25, -0.2) is 4.79 Å². The topological polar surface area (TPSA) is 84.9 Å². The largest absolute Gasteiger partial charge is 0.497 e. The number of benzene rings is 1. The highest BCUT2D eigenvalue weighted by molar-refractivity contribution is 5.87. The fraction of sp³-hybridized carbons (Fsp3) is 0.529. The first-order valence-corrected chi connectivity index (χ1v) is 7.64. The summed E-state index contributed by atoms with van der Waals surface area (Å²) in [6.07, 6.45) is 0.680. The van der Waals surface area contributed by atoms with Gasteiger partial charge in [0, 0.05) is 17.4 Å². The molecule has 0 bridgehead atoms. The Hall–Kier alpha value is -2.24. The summed E-state index contributed by atoms with van der Waals surface area (Å²) in [5.74, 6) is -0.175. The van der Waals surface area contributed by atoms with Gasteiger partial charge in [0.2, 0.25) is 5.91 Å². The van der Waals surface area contributed by atoms with Crippen LogP contribution in [-0.4, -0.2) is 37.2 Å². The minimum atomic E-state index is -1.01. The van der Waals surface area contributed by atoms with Gasteiger partial charge in [0.15, 0.2) is 0 Å². The number of carbonyl (C=O) groups excluding carboxylic acids is 1. The third-order valence-corrected chi connectivity index (χ3v) is 4.19. The first kappa shape index (κ1) is 17.1. The lowest BCUT2D eigenvalue weighted by atomic mass is 10.0. The van der Waals surface area contributed by atoms with Gasteiger partial charge in [0.25, 0.3) is 0 Å². The van der Waals surface area contributed by atoms with Crippen LogP contribution in [0.15, 0.2) is 18.2 Å². The van der Waals surface area contributed by atoms with Crippen molar-refractivity contribution in [2.24, 2.45) is 11.8 Å². The number of carboxylic acids is 1. The zero-order valence-electron chi connectivity index (χ0n) is 13.8. The molecule has 1 aliphatic rings. The second-order valence-corrected chi connectivity index (χ2v) is 6.13. The van der Waals surface area contributed by atoms with Crippen LogP contribution in [0.2, 0.25) is 0 Å². The summed E-state index contributed by atoms with van der Waals surface area (Å²) in [7, 11) is 3.17. The van der Waals surface area contributed by atoms with E-state index in [0.29, 0.717) is 17.9 Å². The van der Waals surface area contributed by atoms with E-state index in [0.717, 1.165) is 5.56 Å². The Morgan fingerprint density at radius 2 is 1.96 bits per heavy atom. The highest BCUT2D eigenvalue weighted by Crippen LogP contribution is 2.51. The highest BCUT2D eigenvalue weighted by Gasteiger charge is 2.46. The lowest BCUT2D eigenvalue weighted by molar-refractivity contribution is -0.143. The molecule has 0 saturated heterocycles. The monoisotopic (exact) mass is 321 g/mol. The highest BCUT2D eigenvalue weighted by atomic mass is 16.5. The SMILES string of the molecule is COc1ccc(OC)c(C2CC2C(=O)NC(C(=O)O)C(C)C)c1. The lowest BCUT2D eigenvalue weighted by Crippen LogP contribution is -2.45. The molecule has 2 rings (SSSR count). The van der Waals surface area contributed by atoms with Crippen molar-refractivity contribution in [3.05, 3.63) is 23.8 Å². The first-order valence-electron chi connectivity index (χ1n) is 7.64. The van der Waals surface area contributed by atoms with E-state index in [1.165, 1.54) is 0 Å². The van der Waals surface area contributed by atoms with Crippen LogP contribution in [0.1, 0.15) is 31.7 Å². The van der Waals surface area contributed by atoms with Crippen molar-refractivity contribution in [2.75, 3.05) is 14.2 Å². The lowest BCUT2D eigenvalue weighted by Gasteiger charge is -2.18. The number of ether oxygens (including phenoxy) is 2. The molecule has 0 aromatic heterocycles. The molecular formula is C17H23NO5. The second kappa shape index (κ2) is 6.89. The molecule has 0 radical (unpaired) electrons. The summed E-state index contributed by atoms with van der Waals surface area (Å²) >= 11 is 0. The number of nitrogens with one attached hydrogen (secondary N) is 1. The number of methoxy groups -OCH3 is 2. The van der Waals surface area contributed by atoms with E-state index in [4.69, 9.17) is 9.47 Å². The van der Waals surface area contributed by atoms with Crippen LogP contribution < -0.4 is 14.8 Å². The summed E-state index contributed by atoms with van der Waals surface area (Å²) in [5.41, 5.74) is 0.920. The van der Waals surface area contributed by atoms with Crippen LogP contribution >= 0.6 is 0 Å². The Bertz CT molecular complexity index is 599. The molecule has 3 atom stereocenters. The Morgan fingerprint density at radius 1 is 1.26 bits per heavy atom. The zero-order valence-corrected chi connectivity index (χ0v) is 13.8. The van der Waals surface area contributed by atoms with Crippen molar-refractivity contribution in [1.82, 2.24) is 5.32 Å². The van der Waals surface area contributed by atoms with Crippen molar-refractivity contribution in [1.29, 1.82) is 0 Å². The third-order valence-electron chi connectivity index (χ3n) is 4.19. The van der Waals surface area contributed by atoms with E-state index in [2.05, 4.69) is 5.32 Å². The predicted octanol–water partition coefficient (Wildman–Crippen LogP) is 2.03. The average Bonchev–Trinajstić information content (AvgIpc) is 3.31. The zero-order chi connectivity index (χ0) is 17.1. The van der Waals surface area contributed by atoms with Gasteiger partial charge in [-0.3, -0.25) is 4.79 Å². The van der Waals surface area contributed by atoms with Crippen LogP contribution in [-0.2, 0) is 9.59 Å². The molecule has 23 heavy (non-hydrogen) atoms. The number of aliphatic carboxylic acids is 1. The molecule has 1 aromatic rings. The maximum absolute atomic E-state index is 12.3. The van der Waals surface area contributed by atoms with Gasteiger partial charge in [0.1, 0.15) is 17.5 Å². The van der Waals surface area contributed by atoms with Crippen LogP contribution in [0.25, 0.3) is 0 Å². The Labute approximate surface area is 135 Å². The van der Waals surface area contributed by atoms with E-state index in [9.17, 15) is 14.7 Å². The third kappa shape index (κ3) is 3.75. The number of carbonyl (C=O) groups is 2. The fourth-order valence-electron chi connectivity index (χ4n) is 2.73. The van der Waals surface area contributed by atoms with Gasteiger partial charge in [-0.1, -0.05) is 13.8 Å². The molecular weight excluding hydrogens is 298 g/mol. The molecule has 0 spiro atoms. The normalized spacial score (nSPS) is 20.7. The van der Waals surface area contributed by atoms with Gasteiger partial charge in [-0.15, -0.1) is 0 Å². The number of hydrogen-bond donors (Lipinski definition) is 2. The molecule has 1 fully saturated rings. The van der Waals surface area contributed by atoms with E-state index >= 15 is 0 Å². The van der Waals surface area contributed by atoms with Crippen LogP contribution in [0, 0.1) is 11.8 Å². The van der Waals surface area contributed by atoms with E-state index in [1.54, 1.807) is 34.1 Å². The minimum Gasteiger partial charge on any atom is -0.497 e. The summed E-state index contributed by atoms with van der Waals surface area (Å²) in [4.78, 5) is 23.5. The van der Waals surface area contributed by atoms with Crippen molar-refractivity contribution >= 4 is 11.9 Å². The van der Waals surface area contributed by atoms with Gasteiger partial charge >= 0.3 is 5.97 Å². The second-order valence-electron chi connectivity index (χ2n) is 6.13. The van der Waals surface area contributed by atoms with Crippen LogP contribution in [0.4, 0.5) is 0 Å². The van der Waals surface area contributed by atoms with Crippen molar-refractivity contribution in [2.45, 2.75) is 32.2 Å². The summed E-state index contributed by atoms with van der Waals surface area (Å²) in [6.45, 7) is 3.54. The van der Waals surface area contributed by atoms with Gasteiger partial charge in [-0.05, 0) is 30.5 Å². The van der Waals surface area contributed by atoms with Gasteiger partial charge in [0.05, 0.1) is 14.2 Å². The standard InChI is InChI=1S/C17H23NO5/c1-9(2)15(17(20)21)18-16(19)13-8-11(13)12-7-10(22-3)5-6-14(12)23-4/h5-7,9,11,13,15H,8H2,1-4H3,(H,18,19)(H,20,21). The molecule has 6 heteroatoms. The van der Waals surface area contributed by atoms with Crippen molar-refractivity contribution in [3.63, 3.8) is 0 Å². The fourth-order valence-corrected chi connectivity index (χ4v) is 2.73. The first-order chi connectivity index (χ1) is 10.9. The molecule has 126 valence electrons. The van der Waals surface area contributed by atoms with Crippen molar-refractivity contribution < 1.29 is 24.2 Å². The molecule has 1 saturated carbocycles. The minimum absolute atomic E-state index is 0.0293. The molecule has 0 heterocycles. The molecule has 3 unspecified atom stereocenters. The Morgan fingerprint density at radius 3 is 2.48 bits per heavy atom. The Kier molecular flexibility index (Phi) is 5.13. The summed E-state index contributed by atoms with van der Waals surface area (Å²) in [5, 5.41) is 11.8. The number of hydrogen-bond acceptors (Lipinski definition) is 4. The van der Waals surface area contributed by atoms with Crippen LogP contribution in [0.3, 0.4) is 0 Å². The van der Waals surface area contributed by atoms with Gasteiger partial charge < -0.3 is 19.9 Å². The van der Waals surface area contributed by atoms with E-state index in [-0.39, 0.29) is 23.7 Å². The molecule has 1 aliphatic carbocycles. The maximum atomic E-state index is 12.3. The quantitative estimate of drug-likeness (QED) is 0.803. The summed E-state index contributed by atoms with van der Waals surface area (Å²) in [6, 6.07) is 4.62. The number of rotatable bonds is 7. The average molecular weight is 321 g/mol. The smallest absolute Gasteiger partial charge is 0.326 e. The van der Waals surface area contributed by atoms with E-state index < -0.39 is 12.0 Å². The molecule has 6 nitrogen and oxygen atoms in total. The molecule has 0 aliphatic heterocycles. The molecule has 1 aromatic carbocycles.